The number of hydrogen-bond acceptors (Lipinski definition) is 5. The van der Waals surface area contributed by atoms with Crippen molar-refractivity contribution < 1.29 is 29.0 Å². The van der Waals surface area contributed by atoms with Crippen LogP contribution in [0.5, 0.6) is 0 Å². The fourth-order valence-corrected chi connectivity index (χ4v) is 6.30. The minimum absolute atomic E-state index is 0.00656. The lowest BCUT2D eigenvalue weighted by Crippen LogP contribution is -2.58. The largest absolute Gasteiger partial charge is 0.481 e. The van der Waals surface area contributed by atoms with Crippen LogP contribution in [-0.2, 0) is 23.9 Å². The van der Waals surface area contributed by atoms with Crippen LogP contribution in [0.2, 0.25) is 0 Å². The molecule has 1 aromatic carbocycles. The van der Waals surface area contributed by atoms with Crippen LogP contribution in [-0.4, -0.2) is 54.0 Å². The fourth-order valence-electron chi connectivity index (χ4n) is 6.30. The second kappa shape index (κ2) is 12.4. The SMILES string of the molecule is CC1(C)OCC(C)(C)C(C(=O)NCC(C(=O)O)C2CCCCC2NC(=O)C2(CC=Cc3ccccc3)CCC2)O1. The smallest absolute Gasteiger partial charge is 0.308 e. The summed E-state index contributed by atoms with van der Waals surface area (Å²) in [6.45, 7) is 7.69. The van der Waals surface area contributed by atoms with Crippen LogP contribution in [0.3, 0.4) is 0 Å². The summed E-state index contributed by atoms with van der Waals surface area (Å²) in [5.74, 6) is -3.21. The van der Waals surface area contributed by atoms with Gasteiger partial charge in [-0.15, -0.1) is 0 Å². The molecule has 1 aliphatic heterocycles. The number of ether oxygens (including phenoxy) is 2. The second-order valence-corrected chi connectivity index (χ2v) is 13.0. The number of allylic oxidation sites excluding steroid dienone is 1. The molecule has 8 nitrogen and oxygen atoms in total. The highest BCUT2D eigenvalue weighted by Gasteiger charge is 2.47. The van der Waals surface area contributed by atoms with Gasteiger partial charge in [0.2, 0.25) is 11.8 Å². The first-order valence-electron chi connectivity index (χ1n) is 14.8. The van der Waals surface area contributed by atoms with Crippen molar-refractivity contribution in [2.45, 2.75) is 97.0 Å². The molecule has 1 aromatic rings. The Bertz CT molecular complexity index is 1080. The van der Waals surface area contributed by atoms with Crippen LogP contribution in [0, 0.1) is 22.7 Å². The molecule has 4 atom stereocenters. The minimum Gasteiger partial charge on any atom is -0.481 e. The van der Waals surface area contributed by atoms with E-state index in [1.54, 1.807) is 13.8 Å². The third-order valence-corrected chi connectivity index (χ3v) is 9.02. The van der Waals surface area contributed by atoms with Gasteiger partial charge >= 0.3 is 5.97 Å². The molecule has 3 N–H and O–H groups in total. The number of aliphatic carboxylic acids is 1. The maximum Gasteiger partial charge on any atom is 0.308 e. The van der Waals surface area contributed by atoms with Crippen molar-refractivity contribution in [3.8, 4) is 0 Å². The number of nitrogens with one attached hydrogen (secondary N) is 2. The lowest BCUT2D eigenvalue weighted by Gasteiger charge is -2.45. The van der Waals surface area contributed by atoms with E-state index in [1.807, 2.05) is 44.2 Å². The number of rotatable bonds is 10. The monoisotopic (exact) mass is 554 g/mol. The maximum atomic E-state index is 13.6. The highest BCUT2D eigenvalue weighted by atomic mass is 16.7. The zero-order valence-electron chi connectivity index (χ0n) is 24.4. The molecule has 220 valence electrons. The van der Waals surface area contributed by atoms with E-state index in [0.29, 0.717) is 19.4 Å². The summed E-state index contributed by atoms with van der Waals surface area (Å²) in [6.07, 6.45) is 10.1. The number of carbonyl (C=O) groups excluding carboxylic acids is 2. The van der Waals surface area contributed by atoms with E-state index in [2.05, 4.69) is 22.8 Å². The number of amides is 2. The van der Waals surface area contributed by atoms with E-state index in [1.165, 1.54) is 0 Å². The van der Waals surface area contributed by atoms with Crippen molar-refractivity contribution in [2.75, 3.05) is 13.2 Å². The van der Waals surface area contributed by atoms with Gasteiger partial charge < -0.3 is 25.2 Å². The lowest BCUT2D eigenvalue weighted by atomic mass is 9.65. The molecule has 4 rings (SSSR count). The van der Waals surface area contributed by atoms with Gasteiger partial charge in [-0.05, 0) is 57.4 Å². The summed E-state index contributed by atoms with van der Waals surface area (Å²) >= 11 is 0. The number of hydrogen-bond donors (Lipinski definition) is 3. The van der Waals surface area contributed by atoms with Crippen molar-refractivity contribution in [1.29, 1.82) is 0 Å². The van der Waals surface area contributed by atoms with E-state index in [4.69, 9.17) is 9.47 Å². The number of carboxylic acids is 1. The summed E-state index contributed by atoms with van der Waals surface area (Å²) in [5, 5.41) is 16.4. The van der Waals surface area contributed by atoms with Gasteiger partial charge in [-0.3, -0.25) is 14.4 Å². The first kappa shape index (κ1) is 30.3. The summed E-state index contributed by atoms with van der Waals surface area (Å²) in [7, 11) is 0. The predicted octanol–water partition coefficient (Wildman–Crippen LogP) is 4.93. The molecule has 2 aliphatic carbocycles. The summed E-state index contributed by atoms with van der Waals surface area (Å²) in [6, 6.07) is 9.82. The van der Waals surface area contributed by atoms with Crippen LogP contribution >= 0.6 is 0 Å². The highest BCUT2D eigenvalue weighted by Crippen LogP contribution is 2.45. The third kappa shape index (κ3) is 7.13. The molecule has 8 heteroatoms. The van der Waals surface area contributed by atoms with Gasteiger partial charge in [0.05, 0.1) is 17.9 Å². The Hall–Kier alpha value is -2.71. The molecule has 1 heterocycles. The Morgan fingerprint density at radius 2 is 1.75 bits per heavy atom. The molecular weight excluding hydrogens is 508 g/mol. The summed E-state index contributed by atoms with van der Waals surface area (Å²) in [5.41, 5.74) is 0.124. The quantitative estimate of drug-likeness (QED) is 0.378. The zero-order chi connectivity index (χ0) is 29.0. The van der Waals surface area contributed by atoms with Gasteiger partial charge in [0.15, 0.2) is 5.79 Å². The fraction of sp³-hybridized carbons (Fsp3) is 0.656. The molecule has 0 spiro atoms. The topological polar surface area (TPSA) is 114 Å². The van der Waals surface area contributed by atoms with Gasteiger partial charge in [-0.25, -0.2) is 0 Å². The Balaban J connectivity index is 1.40. The first-order chi connectivity index (χ1) is 18.9. The summed E-state index contributed by atoms with van der Waals surface area (Å²) in [4.78, 5) is 39.3. The Labute approximate surface area is 238 Å². The molecule has 0 radical (unpaired) electrons. The van der Waals surface area contributed by atoms with Gasteiger partial charge in [0.25, 0.3) is 0 Å². The van der Waals surface area contributed by atoms with Gasteiger partial charge in [0, 0.05) is 18.0 Å². The Kier molecular flexibility index (Phi) is 9.40. The average molecular weight is 555 g/mol. The molecule has 2 amide bonds. The number of carboxylic acid groups (broad SMARTS) is 1. The van der Waals surface area contributed by atoms with Crippen molar-refractivity contribution in [1.82, 2.24) is 10.6 Å². The van der Waals surface area contributed by atoms with E-state index in [9.17, 15) is 19.5 Å². The van der Waals surface area contributed by atoms with Crippen LogP contribution < -0.4 is 10.6 Å². The first-order valence-corrected chi connectivity index (χ1v) is 14.8. The molecular formula is C32H46N2O6. The van der Waals surface area contributed by atoms with Crippen LogP contribution in [0.25, 0.3) is 6.08 Å². The Morgan fingerprint density at radius 1 is 1.05 bits per heavy atom. The Morgan fingerprint density at radius 3 is 2.40 bits per heavy atom. The predicted molar refractivity (Wildman–Crippen MR) is 153 cm³/mol. The number of benzene rings is 1. The van der Waals surface area contributed by atoms with Crippen molar-refractivity contribution in [3.05, 3.63) is 42.0 Å². The van der Waals surface area contributed by atoms with Crippen molar-refractivity contribution >= 4 is 23.9 Å². The molecule has 4 unspecified atom stereocenters. The van der Waals surface area contributed by atoms with Gasteiger partial charge in [0.1, 0.15) is 6.10 Å². The number of carbonyl (C=O) groups is 3. The molecule has 3 aliphatic rings. The normalized spacial score (nSPS) is 27.8. The highest BCUT2D eigenvalue weighted by molar-refractivity contribution is 5.84. The van der Waals surface area contributed by atoms with Crippen molar-refractivity contribution in [3.63, 3.8) is 0 Å². The van der Waals surface area contributed by atoms with E-state index >= 15 is 0 Å². The maximum absolute atomic E-state index is 13.6. The van der Waals surface area contributed by atoms with Gasteiger partial charge in [-0.1, -0.05) is 75.6 Å². The van der Waals surface area contributed by atoms with E-state index in [0.717, 1.165) is 44.1 Å². The molecule has 2 saturated carbocycles. The summed E-state index contributed by atoms with van der Waals surface area (Å²) < 4.78 is 11.7. The molecule has 40 heavy (non-hydrogen) atoms. The van der Waals surface area contributed by atoms with E-state index < -0.39 is 34.6 Å². The van der Waals surface area contributed by atoms with Gasteiger partial charge in [-0.2, -0.15) is 0 Å². The molecule has 0 bridgehead atoms. The average Bonchev–Trinajstić information content (AvgIpc) is 2.88. The zero-order valence-corrected chi connectivity index (χ0v) is 24.4. The van der Waals surface area contributed by atoms with Crippen molar-refractivity contribution in [2.24, 2.45) is 22.7 Å². The second-order valence-electron chi connectivity index (χ2n) is 13.0. The lowest BCUT2D eigenvalue weighted by molar-refractivity contribution is -0.304. The minimum atomic E-state index is -0.955. The molecule has 1 saturated heterocycles. The third-order valence-electron chi connectivity index (χ3n) is 9.02. The molecule has 3 fully saturated rings. The van der Waals surface area contributed by atoms with Crippen LogP contribution in [0.15, 0.2) is 36.4 Å². The standard InChI is InChI=1S/C32H46N2O6/c1-30(2)21-39-31(3,4)40-26(30)27(35)33-20-24(28(36)37)23-15-8-9-16-25(23)34-29(38)32(18-11-19-32)17-10-14-22-12-6-5-7-13-22/h5-7,10,12-14,23-26H,8-9,11,15-21H2,1-4H3,(H,33,35)(H,34,38)(H,36,37). The van der Waals surface area contributed by atoms with Crippen LogP contribution in [0.1, 0.15) is 84.6 Å². The van der Waals surface area contributed by atoms with Crippen LogP contribution in [0.4, 0.5) is 0 Å². The van der Waals surface area contributed by atoms with E-state index in [-0.39, 0.29) is 30.3 Å². The molecule has 0 aromatic heterocycles.